The Kier molecular flexibility index (Phi) is 4.73. The molecule has 1 fully saturated rings. The van der Waals surface area contributed by atoms with Crippen LogP contribution < -0.4 is 0 Å². The van der Waals surface area contributed by atoms with E-state index in [9.17, 15) is 18.9 Å². The van der Waals surface area contributed by atoms with Crippen molar-refractivity contribution in [1.29, 1.82) is 0 Å². The molecule has 0 spiro atoms. The van der Waals surface area contributed by atoms with Gasteiger partial charge < -0.3 is 5.11 Å². The molecule has 0 saturated heterocycles. The molecule has 0 heterocycles. The minimum Gasteiger partial charge on any atom is -0.511 e. The number of carbonyl (C=O) groups excluding carboxylic acids is 2. The summed E-state index contributed by atoms with van der Waals surface area (Å²) in [6.45, 7) is 1.71. The Morgan fingerprint density at radius 1 is 1.19 bits per heavy atom. The van der Waals surface area contributed by atoms with Crippen molar-refractivity contribution in [3.63, 3.8) is 0 Å². The predicted octanol–water partition coefficient (Wildman–Crippen LogP) is 2.66. The first-order valence-electron chi connectivity index (χ1n) is 6.86. The van der Waals surface area contributed by atoms with Gasteiger partial charge in [-0.25, -0.2) is 0 Å². The van der Waals surface area contributed by atoms with Crippen molar-refractivity contribution in [2.45, 2.75) is 37.0 Å². The number of allylic oxidation sites excluding steroid dienone is 2. The standard InChI is InChI=1S/C16H18O4S/c1-3-13(17)16-14(18)8-11(9-15(16)19)10-4-6-12(7-5-10)21(2)20/h4-7,11,17H,3,8-9H2,1-2H3. The fourth-order valence-corrected chi connectivity index (χ4v) is 3.06. The Hall–Kier alpha value is -1.75. The minimum absolute atomic E-state index is 0.0277. The van der Waals surface area contributed by atoms with E-state index in [1.807, 2.05) is 12.1 Å². The zero-order valence-corrected chi connectivity index (χ0v) is 12.9. The van der Waals surface area contributed by atoms with E-state index < -0.39 is 10.8 Å². The maximum absolute atomic E-state index is 12.1. The van der Waals surface area contributed by atoms with Crippen LogP contribution in [0.25, 0.3) is 0 Å². The Labute approximate surface area is 126 Å². The summed E-state index contributed by atoms with van der Waals surface area (Å²) in [5.74, 6) is -0.865. The van der Waals surface area contributed by atoms with Crippen LogP contribution in [-0.4, -0.2) is 27.1 Å². The Morgan fingerprint density at radius 2 is 1.71 bits per heavy atom. The number of Topliss-reactive ketones (excluding diaryl/α,β-unsaturated/α-hetero) is 2. The van der Waals surface area contributed by atoms with Crippen molar-refractivity contribution in [1.82, 2.24) is 0 Å². The largest absolute Gasteiger partial charge is 0.511 e. The highest BCUT2D eigenvalue weighted by Crippen LogP contribution is 2.33. The number of hydrogen-bond acceptors (Lipinski definition) is 4. The smallest absolute Gasteiger partial charge is 0.170 e. The third kappa shape index (κ3) is 3.29. The van der Waals surface area contributed by atoms with E-state index in [0.717, 1.165) is 10.5 Å². The average Bonchev–Trinajstić information content (AvgIpc) is 2.46. The molecule has 0 aliphatic heterocycles. The molecule has 1 aliphatic carbocycles. The van der Waals surface area contributed by atoms with Crippen molar-refractivity contribution in [2.75, 3.05) is 6.26 Å². The second-order valence-electron chi connectivity index (χ2n) is 5.15. The van der Waals surface area contributed by atoms with E-state index in [-0.39, 0.29) is 48.1 Å². The second-order valence-corrected chi connectivity index (χ2v) is 6.53. The number of carbonyl (C=O) groups is 2. The van der Waals surface area contributed by atoms with Crippen LogP contribution in [0.15, 0.2) is 40.5 Å². The number of aliphatic hydroxyl groups is 1. The molecule has 4 nitrogen and oxygen atoms in total. The lowest BCUT2D eigenvalue weighted by Gasteiger charge is -2.23. The summed E-state index contributed by atoms with van der Waals surface area (Å²) in [6.07, 6.45) is 2.33. The molecule has 5 heteroatoms. The molecule has 0 aromatic heterocycles. The third-order valence-corrected chi connectivity index (χ3v) is 4.66. The summed E-state index contributed by atoms with van der Waals surface area (Å²) in [5, 5.41) is 9.68. The molecule has 1 unspecified atom stereocenters. The summed E-state index contributed by atoms with van der Waals surface area (Å²) < 4.78 is 11.4. The molecule has 1 aromatic rings. The van der Waals surface area contributed by atoms with Crippen molar-refractivity contribution >= 4 is 22.4 Å². The monoisotopic (exact) mass is 306 g/mol. The van der Waals surface area contributed by atoms with Gasteiger partial charge in [-0.05, 0) is 23.6 Å². The number of aliphatic hydroxyl groups excluding tert-OH is 1. The summed E-state index contributed by atoms with van der Waals surface area (Å²) in [5.41, 5.74) is 0.862. The zero-order chi connectivity index (χ0) is 15.6. The molecule has 1 aliphatic rings. The van der Waals surface area contributed by atoms with Gasteiger partial charge in [0.25, 0.3) is 0 Å². The van der Waals surface area contributed by atoms with Crippen LogP contribution in [0.3, 0.4) is 0 Å². The second kappa shape index (κ2) is 6.35. The highest BCUT2D eigenvalue weighted by atomic mass is 32.2. The van der Waals surface area contributed by atoms with E-state index in [1.165, 1.54) is 0 Å². The van der Waals surface area contributed by atoms with Gasteiger partial charge >= 0.3 is 0 Å². The van der Waals surface area contributed by atoms with Gasteiger partial charge in [0, 0.05) is 41.2 Å². The average molecular weight is 306 g/mol. The molecule has 1 N–H and O–H groups in total. The van der Waals surface area contributed by atoms with E-state index in [2.05, 4.69) is 0 Å². The van der Waals surface area contributed by atoms with Crippen LogP contribution in [0.1, 0.15) is 37.7 Å². The van der Waals surface area contributed by atoms with Gasteiger partial charge in [0.05, 0.1) is 5.57 Å². The first kappa shape index (κ1) is 15.6. The van der Waals surface area contributed by atoms with Gasteiger partial charge in [0.15, 0.2) is 11.6 Å². The topological polar surface area (TPSA) is 71.4 Å². The SMILES string of the molecule is CCC(O)=C1C(=O)CC(c2ccc(S(C)=O)cc2)CC1=O. The molecular weight excluding hydrogens is 288 g/mol. The van der Waals surface area contributed by atoms with Gasteiger partial charge in [-0.2, -0.15) is 0 Å². The van der Waals surface area contributed by atoms with Crippen LogP contribution in [0.4, 0.5) is 0 Å². The minimum atomic E-state index is -1.04. The van der Waals surface area contributed by atoms with E-state index in [1.54, 1.807) is 25.3 Å². The number of benzene rings is 1. The van der Waals surface area contributed by atoms with Crippen LogP contribution in [-0.2, 0) is 20.4 Å². The number of hydrogen-bond donors (Lipinski definition) is 1. The molecule has 21 heavy (non-hydrogen) atoms. The summed E-state index contributed by atoms with van der Waals surface area (Å²) in [6, 6.07) is 7.15. The normalized spacial score (nSPS) is 20.5. The molecule has 0 amide bonds. The molecule has 112 valence electrons. The molecule has 0 radical (unpaired) electrons. The molecule has 1 atom stereocenters. The van der Waals surface area contributed by atoms with Crippen molar-refractivity contribution in [2.24, 2.45) is 0 Å². The van der Waals surface area contributed by atoms with Crippen LogP contribution in [0.2, 0.25) is 0 Å². The maximum Gasteiger partial charge on any atom is 0.170 e. The predicted molar refractivity (Wildman–Crippen MR) is 80.7 cm³/mol. The zero-order valence-electron chi connectivity index (χ0n) is 12.1. The number of ketones is 2. The fraction of sp³-hybridized carbons (Fsp3) is 0.375. The summed E-state index contributed by atoms with van der Waals surface area (Å²) in [4.78, 5) is 24.9. The maximum atomic E-state index is 12.1. The highest BCUT2D eigenvalue weighted by Gasteiger charge is 2.33. The molecule has 1 saturated carbocycles. The Bertz CT molecular complexity index is 608. The number of rotatable bonds is 3. The lowest BCUT2D eigenvalue weighted by Crippen LogP contribution is -2.26. The first-order chi connectivity index (χ1) is 9.93. The lowest BCUT2D eigenvalue weighted by molar-refractivity contribution is -0.124. The van der Waals surface area contributed by atoms with Gasteiger partial charge in [-0.15, -0.1) is 0 Å². The van der Waals surface area contributed by atoms with E-state index in [4.69, 9.17) is 0 Å². The Balaban J connectivity index is 2.23. The molecule has 1 aromatic carbocycles. The van der Waals surface area contributed by atoms with E-state index >= 15 is 0 Å². The van der Waals surface area contributed by atoms with Gasteiger partial charge in [-0.3, -0.25) is 13.8 Å². The summed E-state index contributed by atoms with van der Waals surface area (Å²) in [7, 11) is -1.04. The third-order valence-electron chi connectivity index (χ3n) is 3.73. The van der Waals surface area contributed by atoms with Crippen LogP contribution >= 0.6 is 0 Å². The summed E-state index contributed by atoms with van der Waals surface area (Å²) >= 11 is 0. The van der Waals surface area contributed by atoms with Gasteiger partial charge in [0.1, 0.15) is 5.76 Å². The van der Waals surface area contributed by atoms with Gasteiger partial charge in [-0.1, -0.05) is 19.1 Å². The van der Waals surface area contributed by atoms with Crippen LogP contribution in [0, 0.1) is 0 Å². The lowest BCUT2D eigenvalue weighted by atomic mass is 9.79. The Morgan fingerprint density at radius 3 is 2.14 bits per heavy atom. The molecular formula is C16H18O4S. The molecule has 0 bridgehead atoms. The van der Waals surface area contributed by atoms with Crippen molar-refractivity contribution in [3.8, 4) is 0 Å². The molecule has 2 rings (SSSR count). The highest BCUT2D eigenvalue weighted by molar-refractivity contribution is 7.84. The van der Waals surface area contributed by atoms with Crippen molar-refractivity contribution in [3.05, 3.63) is 41.2 Å². The van der Waals surface area contributed by atoms with Crippen molar-refractivity contribution < 1.29 is 18.9 Å². The van der Waals surface area contributed by atoms with Gasteiger partial charge in [0.2, 0.25) is 0 Å². The quantitative estimate of drug-likeness (QED) is 0.529. The van der Waals surface area contributed by atoms with E-state index in [0.29, 0.717) is 0 Å². The fourth-order valence-electron chi connectivity index (χ4n) is 2.55. The first-order valence-corrected chi connectivity index (χ1v) is 8.41. The van der Waals surface area contributed by atoms with Crippen LogP contribution in [0.5, 0.6) is 0 Å².